The molecule has 0 aromatic carbocycles. The fourth-order valence-electron chi connectivity index (χ4n) is 1.64. The molecule has 0 radical (unpaired) electrons. The van der Waals surface area contributed by atoms with Crippen molar-refractivity contribution in [3.05, 3.63) is 44.0 Å². The summed E-state index contributed by atoms with van der Waals surface area (Å²) in [5.74, 6) is -0.0933. The van der Waals surface area contributed by atoms with Gasteiger partial charge in [-0.15, -0.1) is 22.7 Å². The van der Waals surface area contributed by atoms with Gasteiger partial charge in [-0.1, -0.05) is 0 Å². The van der Waals surface area contributed by atoms with Crippen LogP contribution in [0, 0.1) is 13.8 Å². The maximum atomic E-state index is 11.8. The molecule has 0 aliphatic carbocycles. The van der Waals surface area contributed by atoms with Crippen LogP contribution in [0.1, 0.15) is 33.4 Å². The lowest BCUT2D eigenvalue weighted by molar-refractivity contribution is -0.117. The van der Waals surface area contributed by atoms with Crippen molar-refractivity contribution in [1.82, 2.24) is 10.3 Å². The minimum Gasteiger partial charge on any atom is -0.345 e. The number of hydrogen-bond acceptors (Lipinski definition) is 4. The Labute approximate surface area is 121 Å². The lowest BCUT2D eigenvalue weighted by atomic mass is 10.2. The standard InChI is InChI=1S/C14H16N2OS2/c1-9-4-6-13(19-9)10(2)15-14(17)7-5-12-8-18-11(3)16-12/h4-8,10H,1-3H3,(H,15,17)/b7-5+/t10-/m1/s1. The van der Waals surface area contributed by atoms with Gasteiger partial charge in [-0.05, 0) is 39.0 Å². The Balaban J connectivity index is 1.92. The van der Waals surface area contributed by atoms with Crippen molar-refractivity contribution in [1.29, 1.82) is 0 Å². The molecule has 0 saturated carbocycles. The lowest BCUT2D eigenvalue weighted by Gasteiger charge is -2.09. The van der Waals surface area contributed by atoms with Crippen LogP contribution in [0.2, 0.25) is 0 Å². The summed E-state index contributed by atoms with van der Waals surface area (Å²) in [6.07, 6.45) is 3.27. The number of hydrogen-bond donors (Lipinski definition) is 1. The number of aryl methyl sites for hydroxylation is 2. The van der Waals surface area contributed by atoms with Crippen molar-refractivity contribution < 1.29 is 4.79 Å². The molecule has 0 spiro atoms. The van der Waals surface area contributed by atoms with Crippen molar-refractivity contribution in [2.45, 2.75) is 26.8 Å². The van der Waals surface area contributed by atoms with Gasteiger partial charge in [-0.2, -0.15) is 0 Å². The summed E-state index contributed by atoms with van der Waals surface area (Å²) in [6, 6.07) is 4.16. The molecule has 0 saturated heterocycles. The van der Waals surface area contributed by atoms with Gasteiger partial charge in [0.15, 0.2) is 0 Å². The average molecular weight is 292 g/mol. The number of thiazole rings is 1. The SMILES string of the molecule is Cc1ccc([C@@H](C)NC(=O)/C=C/c2csc(C)n2)s1. The quantitative estimate of drug-likeness (QED) is 0.873. The van der Waals surface area contributed by atoms with Crippen LogP contribution in [-0.4, -0.2) is 10.9 Å². The normalized spacial score (nSPS) is 12.8. The number of carbonyl (C=O) groups is 1. The lowest BCUT2D eigenvalue weighted by Crippen LogP contribution is -2.23. The van der Waals surface area contributed by atoms with E-state index < -0.39 is 0 Å². The number of aromatic nitrogens is 1. The zero-order chi connectivity index (χ0) is 13.8. The third-order valence-electron chi connectivity index (χ3n) is 2.59. The molecule has 0 aliphatic heterocycles. The minimum absolute atomic E-state index is 0.0352. The molecule has 0 aliphatic rings. The Morgan fingerprint density at radius 1 is 1.42 bits per heavy atom. The Bertz CT molecular complexity index is 598. The van der Waals surface area contributed by atoms with Crippen LogP contribution < -0.4 is 5.32 Å². The van der Waals surface area contributed by atoms with E-state index in [1.165, 1.54) is 15.8 Å². The monoisotopic (exact) mass is 292 g/mol. The van der Waals surface area contributed by atoms with Gasteiger partial charge in [0, 0.05) is 21.2 Å². The van der Waals surface area contributed by atoms with E-state index in [4.69, 9.17) is 0 Å². The zero-order valence-corrected chi connectivity index (χ0v) is 12.8. The zero-order valence-electron chi connectivity index (χ0n) is 11.1. The van der Waals surface area contributed by atoms with Gasteiger partial charge < -0.3 is 5.32 Å². The van der Waals surface area contributed by atoms with Crippen molar-refractivity contribution in [2.75, 3.05) is 0 Å². The number of carbonyl (C=O) groups excluding carboxylic acids is 1. The van der Waals surface area contributed by atoms with Gasteiger partial charge in [0.25, 0.3) is 0 Å². The van der Waals surface area contributed by atoms with Crippen molar-refractivity contribution in [3.63, 3.8) is 0 Å². The first-order valence-electron chi connectivity index (χ1n) is 6.01. The highest BCUT2D eigenvalue weighted by molar-refractivity contribution is 7.12. The van der Waals surface area contributed by atoms with Crippen molar-refractivity contribution >= 4 is 34.7 Å². The maximum Gasteiger partial charge on any atom is 0.244 e. The smallest absolute Gasteiger partial charge is 0.244 e. The molecular weight excluding hydrogens is 276 g/mol. The predicted octanol–water partition coefficient (Wildman–Crippen LogP) is 3.71. The Hall–Kier alpha value is -1.46. The highest BCUT2D eigenvalue weighted by Gasteiger charge is 2.09. The van der Waals surface area contributed by atoms with Crippen LogP contribution in [0.25, 0.3) is 6.08 Å². The molecule has 0 fully saturated rings. The molecule has 1 amide bonds. The fourth-order valence-corrected chi connectivity index (χ4v) is 3.10. The van der Waals surface area contributed by atoms with Crippen molar-refractivity contribution in [3.8, 4) is 0 Å². The first-order valence-corrected chi connectivity index (χ1v) is 7.71. The van der Waals surface area contributed by atoms with E-state index in [-0.39, 0.29) is 11.9 Å². The van der Waals surface area contributed by atoms with Crippen LogP contribution in [0.4, 0.5) is 0 Å². The van der Waals surface area contributed by atoms with E-state index in [1.54, 1.807) is 28.7 Å². The van der Waals surface area contributed by atoms with Crippen LogP contribution in [0.15, 0.2) is 23.6 Å². The van der Waals surface area contributed by atoms with Crippen LogP contribution in [0.5, 0.6) is 0 Å². The number of thiophene rings is 1. The van der Waals surface area contributed by atoms with E-state index >= 15 is 0 Å². The van der Waals surface area contributed by atoms with Crippen LogP contribution in [0.3, 0.4) is 0 Å². The Morgan fingerprint density at radius 2 is 2.21 bits per heavy atom. The Morgan fingerprint density at radius 3 is 2.79 bits per heavy atom. The summed E-state index contributed by atoms with van der Waals surface area (Å²) in [7, 11) is 0. The molecule has 1 N–H and O–H groups in total. The maximum absolute atomic E-state index is 11.8. The third kappa shape index (κ3) is 4.01. The molecule has 100 valence electrons. The largest absolute Gasteiger partial charge is 0.345 e. The van der Waals surface area contributed by atoms with E-state index in [1.807, 2.05) is 19.2 Å². The number of amides is 1. The van der Waals surface area contributed by atoms with Gasteiger partial charge in [0.2, 0.25) is 5.91 Å². The predicted molar refractivity (Wildman–Crippen MR) is 81.5 cm³/mol. The second kappa shape index (κ2) is 6.12. The molecule has 3 nitrogen and oxygen atoms in total. The minimum atomic E-state index is -0.0933. The summed E-state index contributed by atoms with van der Waals surface area (Å²) >= 11 is 3.28. The number of nitrogens with zero attached hydrogens (tertiary/aromatic N) is 1. The first-order chi connectivity index (χ1) is 9.04. The summed E-state index contributed by atoms with van der Waals surface area (Å²) in [5, 5.41) is 5.88. The van der Waals surface area contributed by atoms with E-state index in [0.29, 0.717) is 0 Å². The highest BCUT2D eigenvalue weighted by Crippen LogP contribution is 2.22. The molecule has 19 heavy (non-hydrogen) atoms. The van der Waals surface area contributed by atoms with Crippen molar-refractivity contribution in [2.24, 2.45) is 0 Å². The van der Waals surface area contributed by atoms with Crippen LogP contribution >= 0.6 is 22.7 Å². The second-order valence-corrected chi connectivity index (χ2v) is 6.69. The molecule has 2 heterocycles. The van der Waals surface area contributed by atoms with E-state index in [2.05, 4.69) is 29.4 Å². The molecule has 2 aromatic rings. The molecule has 2 aromatic heterocycles. The average Bonchev–Trinajstić information content (AvgIpc) is 2.95. The highest BCUT2D eigenvalue weighted by atomic mass is 32.1. The molecule has 0 bridgehead atoms. The summed E-state index contributed by atoms with van der Waals surface area (Å²) in [5.41, 5.74) is 0.831. The van der Waals surface area contributed by atoms with Gasteiger partial charge in [0.1, 0.15) is 0 Å². The fraction of sp³-hybridized carbons (Fsp3) is 0.286. The number of nitrogens with one attached hydrogen (secondary N) is 1. The third-order valence-corrected chi connectivity index (χ3v) is 4.56. The van der Waals surface area contributed by atoms with Gasteiger partial charge >= 0.3 is 0 Å². The number of rotatable bonds is 4. The van der Waals surface area contributed by atoms with Gasteiger partial charge in [-0.25, -0.2) is 4.98 Å². The van der Waals surface area contributed by atoms with E-state index in [9.17, 15) is 4.79 Å². The summed E-state index contributed by atoms with van der Waals surface area (Å²) in [4.78, 5) is 18.5. The molecule has 1 atom stereocenters. The van der Waals surface area contributed by atoms with Crippen LogP contribution in [-0.2, 0) is 4.79 Å². The topological polar surface area (TPSA) is 42.0 Å². The molecule has 0 unspecified atom stereocenters. The van der Waals surface area contributed by atoms with E-state index in [0.717, 1.165) is 10.7 Å². The molecule has 2 rings (SSSR count). The molecule has 5 heteroatoms. The summed E-state index contributed by atoms with van der Waals surface area (Å²) in [6.45, 7) is 6.00. The summed E-state index contributed by atoms with van der Waals surface area (Å²) < 4.78 is 0. The van der Waals surface area contributed by atoms with Gasteiger partial charge in [-0.3, -0.25) is 4.79 Å². The molecular formula is C14H16N2OS2. The van der Waals surface area contributed by atoms with Gasteiger partial charge in [0.05, 0.1) is 16.7 Å². The Kier molecular flexibility index (Phi) is 4.50. The second-order valence-electron chi connectivity index (χ2n) is 4.30. The first kappa shape index (κ1) is 14.0.